The summed E-state index contributed by atoms with van der Waals surface area (Å²) in [5.74, 6) is -2.48. The summed E-state index contributed by atoms with van der Waals surface area (Å²) in [4.78, 5) is 28.3. The fourth-order valence-electron chi connectivity index (χ4n) is 3.16. The third-order valence-electron chi connectivity index (χ3n) is 4.44. The Balaban J connectivity index is 1.68. The van der Waals surface area contributed by atoms with E-state index in [0.29, 0.717) is 15.3 Å². The van der Waals surface area contributed by atoms with E-state index in [1.54, 1.807) is 0 Å². The standard InChI is InChI=1S/C17H10Cl2F3N3O3S2/c18-14-12-8(4-11(26)27)24-25(16(28)13(12)15(19)30-14)5-10-23-7-3-6(17(20,21)22)1-2-9(7)29-10/h1-3,13,15H,4-5H2,(H,26,27). The van der Waals surface area contributed by atoms with Crippen molar-refractivity contribution in [2.45, 2.75) is 23.9 Å². The lowest BCUT2D eigenvalue weighted by Crippen LogP contribution is -2.41. The fourth-order valence-corrected chi connectivity index (χ4v) is 6.20. The van der Waals surface area contributed by atoms with Crippen molar-refractivity contribution in [3.63, 3.8) is 0 Å². The number of hydrazone groups is 1. The maximum absolute atomic E-state index is 12.9. The minimum absolute atomic E-state index is 0.119. The molecule has 30 heavy (non-hydrogen) atoms. The topological polar surface area (TPSA) is 82.9 Å². The molecule has 1 aromatic heterocycles. The van der Waals surface area contributed by atoms with Crippen molar-refractivity contribution in [1.29, 1.82) is 0 Å². The summed E-state index contributed by atoms with van der Waals surface area (Å²) in [5, 5.41) is 14.7. The van der Waals surface area contributed by atoms with Crippen LogP contribution in [0.3, 0.4) is 0 Å². The van der Waals surface area contributed by atoms with Crippen LogP contribution in [-0.2, 0) is 22.3 Å². The van der Waals surface area contributed by atoms with Crippen molar-refractivity contribution in [3.05, 3.63) is 38.7 Å². The first-order valence-corrected chi connectivity index (χ1v) is 10.8. The van der Waals surface area contributed by atoms with Gasteiger partial charge in [-0.25, -0.2) is 9.99 Å². The minimum Gasteiger partial charge on any atom is -0.481 e. The number of thiazole rings is 1. The molecule has 13 heteroatoms. The first kappa shape index (κ1) is 21.4. The second-order valence-corrected chi connectivity index (χ2v) is 10.0. The Kier molecular flexibility index (Phi) is 5.50. The van der Waals surface area contributed by atoms with Gasteiger partial charge in [0.25, 0.3) is 5.91 Å². The van der Waals surface area contributed by atoms with Gasteiger partial charge in [-0.1, -0.05) is 23.4 Å². The van der Waals surface area contributed by atoms with Crippen molar-refractivity contribution in [2.75, 3.05) is 0 Å². The number of nitrogens with zero attached hydrogens (tertiary/aromatic N) is 3. The number of fused-ring (bicyclic) bond motifs is 2. The molecular weight excluding hydrogens is 486 g/mol. The molecule has 2 unspecified atom stereocenters. The number of halogens is 5. The van der Waals surface area contributed by atoms with Crippen LogP contribution in [0.2, 0.25) is 0 Å². The highest BCUT2D eigenvalue weighted by Crippen LogP contribution is 2.49. The minimum atomic E-state index is -4.49. The Morgan fingerprint density at radius 1 is 1.33 bits per heavy atom. The molecule has 0 fully saturated rings. The largest absolute Gasteiger partial charge is 0.481 e. The van der Waals surface area contributed by atoms with Crippen LogP contribution in [0.25, 0.3) is 10.2 Å². The van der Waals surface area contributed by atoms with Crippen molar-refractivity contribution >= 4 is 74.1 Å². The van der Waals surface area contributed by atoms with Gasteiger partial charge in [0.2, 0.25) is 0 Å². The number of carbonyl (C=O) groups is 2. The van der Waals surface area contributed by atoms with Gasteiger partial charge >= 0.3 is 12.1 Å². The molecule has 158 valence electrons. The third-order valence-corrected chi connectivity index (χ3v) is 7.37. The van der Waals surface area contributed by atoms with E-state index in [1.165, 1.54) is 6.07 Å². The maximum atomic E-state index is 12.9. The normalized spacial score (nSPS) is 22.0. The Bertz CT molecular complexity index is 1130. The van der Waals surface area contributed by atoms with E-state index in [-0.39, 0.29) is 22.1 Å². The molecule has 0 bridgehead atoms. The zero-order chi connectivity index (χ0) is 21.8. The van der Waals surface area contributed by atoms with Crippen molar-refractivity contribution in [1.82, 2.24) is 9.99 Å². The van der Waals surface area contributed by atoms with Gasteiger partial charge in [-0.2, -0.15) is 18.3 Å². The number of hydrogen-bond donors (Lipinski definition) is 1. The van der Waals surface area contributed by atoms with Crippen molar-refractivity contribution in [3.8, 4) is 0 Å². The number of aliphatic carboxylic acids is 1. The zero-order valence-electron chi connectivity index (χ0n) is 14.6. The Hall–Kier alpha value is -1.82. The number of carboxylic acids is 1. The van der Waals surface area contributed by atoms with E-state index in [1.807, 2.05) is 0 Å². The van der Waals surface area contributed by atoms with Crippen LogP contribution < -0.4 is 0 Å². The van der Waals surface area contributed by atoms with E-state index in [0.717, 1.165) is 40.2 Å². The van der Waals surface area contributed by atoms with Gasteiger partial charge in [-0.15, -0.1) is 22.9 Å². The molecule has 4 rings (SSSR count). The van der Waals surface area contributed by atoms with Crippen molar-refractivity contribution < 1.29 is 27.9 Å². The molecule has 0 aliphatic carbocycles. The number of aromatic nitrogens is 1. The third kappa shape index (κ3) is 3.91. The quantitative estimate of drug-likeness (QED) is 0.612. The average Bonchev–Trinajstić information content (AvgIpc) is 3.16. The van der Waals surface area contributed by atoms with Gasteiger partial charge in [0, 0.05) is 5.57 Å². The summed E-state index contributed by atoms with van der Waals surface area (Å²) >= 11 is 14.6. The first-order chi connectivity index (χ1) is 14.0. The van der Waals surface area contributed by atoms with E-state index in [9.17, 15) is 27.9 Å². The smallest absolute Gasteiger partial charge is 0.416 e. The fraction of sp³-hybridized carbons (Fsp3) is 0.294. The molecule has 2 aromatic rings. The van der Waals surface area contributed by atoms with E-state index >= 15 is 0 Å². The molecule has 3 heterocycles. The predicted molar refractivity (Wildman–Crippen MR) is 108 cm³/mol. The summed E-state index contributed by atoms with van der Waals surface area (Å²) in [6, 6.07) is 3.22. The molecule has 2 aliphatic heterocycles. The van der Waals surface area contributed by atoms with Gasteiger partial charge < -0.3 is 5.11 Å². The summed E-state index contributed by atoms with van der Waals surface area (Å²) in [6.45, 7) is -0.127. The van der Waals surface area contributed by atoms with E-state index in [4.69, 9.17) is 23.2 Å². The number of carboxylic acid groups (broad SMARTS) is 1. The van der Waals surface area contributed by atoms with Crippen LogP contribution >= 0.6 is 46.3 Å². The van der Waals surface area contributed by atoms with Gasteiger partial charge in [0.1, 0.15) is 9.72 Å². The van der Waals surface area contributed by atoms with E-state index < -0.39 is 40.7 Å². The first-order valence-electron chi connectivity index (χ1n) is 8.32. The molecule has 1 aromatic carbocycles. The molecule has 1 N–H and O–H groups in total. The highest BCUT2D eigenvalue weighted by atomic mass is 35.5. The lowest BCUT2D eigenvalue weighted by molar-refractivity contribution is -0.137. The highest BCUT2D eigenvalue weighted by molar-refractivity contribution is 8.06. The van der Waals surface area contributed by atoms with Crippen LogP contribution in [-0.4, -0.2) is 37.4 Å². The second-order valence-electron chi connectivity index (χ2n) is 6.44. The van der Waals surface area contributed by atoms with Gasteiger partial charge in [0.05, 0.1) is 44.7 Å². The molecule has 1 amide bonds. The lowest BCUT2D eigenvalue weighted by Gasteiger charge is -2.29. The molecule has 0 saturated carbocycles. The highest BCUT2D eigenvalue weighted by Gasteiger charge is 2.46. The van der Waals surface area contributed by atoms with Gasteiger partial charge in [-0.3, -0.25) is 9.59 Å². The van der Waals surface area contributed by atoms with Crippen LogP contribution in [0.5, 0.6) is 0 Å². The SMILES string of the molecule is O=C(O)CC1=NN(Cc2nc3cc(C(F)(F)F)ccc3s2)C(=O)C2C1=C(Cl)SC2Cl. The predicted octanol–water partition coefficient (Wildman–Crippen LogP) is 4.87. The molecule has 0 spiro atoms. The summed E-state index contributed by atoms with van der Waals surface area (Å²) in [6.07, 6.45) is -4.95. The summed E-state index contributed by atoms with van der Waals surface area (Å²) < 4.78 is 38.8. The van der Waals surface area contributed by atoms with Crippen LogP contribution in [0.1, 0.15) is 17.0 Å². The molecule has 0 radical (unpaired) electrons. The van der Waals surface area contributed by atoms with Crippen LogP contribution in [0.15, 0.2) is 33.2 Å². The number of amides is 1. The summed E-state index contributed by atoms with van der Waals surface area (Å²) in [7, 11) is 0. The number of alkyl halides is 4. The molecule has 0 saturated heterocycles. The van der Waals surface area contributed by atoms with E-state index in [2.05, 4.69) is 10.1 Å². The molecular formula is C17H10Cl2F3N3O3S2. The molecule has 2 atom stereocenters. The Morgan fingerprint density at radius 2 is 2.07 bits per heavy atom. The Morgan fingerprint density at radius 3 is 2.73 bits per heavy atom. The average molecular weight is 496 g/mol. The van der Waals surface area contributed by atoms with Crippen LogP contribution in [0.4, 0.5) is 13.2 Å². The van der Waals surface area contributed by atoms with Crippen LogP contribution in [0, 0.1) is 5.92 Å². The van der Waals surface area contributed by atoms with Gasteiger partial charge in [-0.05, 0) is 18.2 Å². The number of hydrogen-bond acceptors (Lipinski definition) is 6. The Labute approximate surface area is 185 Å². The number of benzene rings is 1. The zero-order valence-corrected chi connectivity index (χ0v) is 17.8. The van der Waals surface area contributed by atoms with Crippen molar-refractivity contribution in [2.24, 2.45) is 11.0 Å². The maximum Gasteiger partial charge on any atom is 0.416 e. The van der Waals surface area contributed by atoms with Gasteiger partial charge in [0.15, 0.2) is 0 Å². The molecule has 6 nitrogen and oxygen atoms in total. The molecule has 2 aliphatic rings. The lowest BCUT2D eigenvalue weighted by atomic mass is 9.93. The number of rotatable bonds is 4. The number of thioether (sulfide) groups is 1. The second kappa shape index (κ2) is 7.70. The monoisotopic (exact) mass is 495 g/mol. The summed E-state index contributed by atoms with van der Waals surface area (Å²) in [5.41, 5.74) is -0.239. The number of carbonyl (C=O) groups excluding carboxylic acids is 1.